The van der Waals surface area contributed by atoms with E-state index in [0.29, 0.717) is 0 Å². The number of hydrogen-bond donors (Lipinski definition) is 1. The molecule has 0 saturated heterocycles. The molecule has 0 aliphatic heterocycles. The highest BCUT2D eigenvalue weighted by atomic mass is 127. The van der Waals surface area contributed by atoms with Crippen LogP contribution in [0.4, 0.5) is 0 Å². The first-order chi connectivity index (χ1) is 3.91. The molecule has 50 valence electrons. The predicted molar refractivity (Wildman–Crippen MR) is 54.3 cm³/mol. The van der Waals surface area contributed by atoms with Gasteiger partial charge in [0.1, 0.15) is 0 Å². The van der Waals surface area contributed by atoms with Gasteiger partial charge in [-0.05, 0) is 19.8 Å². The number of halogens is 1. The molecule has 4 heteroatoms. The first kappa shape index (κ1) is 9.55. The van der Waals surface area contributed by atoms with Gasteiger partial charge in [0.15, 0.2) is 0 Å². The lowest BCUT2D eigenvalue weighted by atomic mass is 10.8. The Morgan fingerprint density at radius 2 is 2.25 bits per heavy atom. The van der Waals surface area contributed by atoms with Gasteiger partial charge in [-0.2, -0.15) is 0 Å². The van der Waals surface area contributed by atoms with Gasteiger partial charge in [0.25, 0.3) is 0 Å². The van der Waals surface area contributed by atoms with Gasteiger partial charge in [-0.15, -0.1) is 0 Å². The maximum atomic E-state index is 3.14. The molecule has 0 spiro atoms. The van der Waals surface area contributed by atoms with Crippen molar-refractivity contribution in [1.82, 2.24) is 5.32 Å². The summed E-state index contributed by atoms with van der Waals surface area (Å²) in [6, 6.07) is 0. The fourth-order valence-corrected chi connectivity index (χ4v) is 4.59. The molecule has 0 aliphatic carbocycles. The quantitative estimate of drug-likeness (QED) is 0.345. The molecular formula is C4H12INP2. The Bertz CT molecular complexity index is 39.0. The molecule has 0 heterocycles. The molecule has 0 radical (unpaired) electrons. The summed E-state index contributed by atoms with van der Waals surface area (Å²) in [4.78, 5) is 0. The summed E-state index contributed by atoms with van der Waals surface area (Å²) >= 11 is 2.44. The molecule has 0 saturated carbocycles. The Morgan fingerprint density at radius 3 is 2.75 bits per heavy atom. The van der Waals surface area contributed by atoms with Crippen LogP contribution in [0.25, 0.3) is 0 Å². The highest BCUT2D eigenvalue weighted by Crippen LogP contribution is 2.37. The minimum absolute atomic E-state index is 1.20. The van der Waals surface area contributed by atoms with Gasteiger partial charge in [-0.1, -0.05) is 39.1 Å². The molecule has 0 bridgehead atoms. The Labute approximate surface area is 68.4 Å². The standard InChI is InChI=1S/C4H12INP2/c1-6-2-3-7-8-4-5/h6-8H,2-4H2,1H3. The number of hydrogen-bond acceptors (Lipinski definition) is 1. The predicted octanol–water partition coefficient (Wildman–Crippen LogP) is 1.87. The van der Waals surface area contributed by atoms with E-state index in [4.69, 9.17) is 0 Å². The van der Waals surface area contributed by atoms with Crippen molar-refractivity contribution < 1.29 is 0 Å². The molecule has 0 aromatic heterocycles. The third kappa shape index (κ3) is 7.55. The van der Waals surface area contributed by atoms with Crippen LogP contribution in [0.5, 0.6) is 0 Å². The molecule has 0 fully saturated rings. The molecule has 1 N–H and O–H groups in total. The van der Waals surface area contributed by atoms with E-state index in [0.717, 1.165) is 0 Å². The van der Waals surface area contributed by atoms with Gasteiger partial charge in [0.2, 0.25) is 0 Å². The molecule has 0 rings (SSSR count). The Morgan fingerprint density at radius 1 is 1.50 bits per heavy atom. The molecule has 0 aliphatic rings. The Kier molecular flexibility index (Phi) is 10.2. The second-order valence-corrected chi connectivity index (χ2v) is 7.22. The summed E-state index contributed by atoms with van der Waals surface area (Å²) in [7, 11) is 4.41. The van der Waals surface area contributed by atoms with Crippen molar-refractivity contribution in [1.29, 1.82) is 0 Å². The number of nitrogens with one attached hydrogen (secondary N) is 1. The van der Waals surface area contributed by atoms with E-state index in [-0.39, 0.29) is 0 Å². The third-order valence-corrected chi connectivity index (χ3v) is 6.91. The summed E-state index contributed by atoms with van der Waals surface area (Å²) in [5, 5.41) is 3.14. The fourth-order valence-electron chi connectivity index (χ4n) is 0.323. The zero-order valence-electron chi connectivity index (χ0n) is 5.00. The third-order valence-electron chi connectivity index (χ3n) is 0.692. The first-order valence-corrected chi connectivity index (χ1v) is 7.52. The van der Waals surface area contributed by atoms with E-state index in [9.17, 15) is 0 Å². The van der Waals surface area contributed by atoms with Crippen LogP contribution < -0.4 is 5.32 Å². The van der Waals surface area contributed by atoms with E-state index in [1.54, 1.807) is 0 Å². The lowest BCUT2D eigenvalue weighted by Crippen LogP contribution is -2.08. The highest BCUT2D eigenvalue weighted by molar-refractivity contribution is 14.1. The second kappa shape index (κ2) is 8.55. The highest BCUT2D eigenvalue weighted by Gasteiger charge is 1.82. The van der Waals surface area contributed by atoms with Crippen molar-refractivity contribution in [3.8, 4) is 0 Å². The average Bonchev–Trinajstić information content (AvgIpc) is 1.81. The first-order valence-electron chi connectivity index (χ1n) is 2.58. The smallest absolute Gasteiger partial charge is 0.0208 e. The van der Waals surface area contributed by atoms with Gasteiger partial charge >= 0.3 is 0 Å². The van der Waals surface area contributed by atoms with Crippen LogP contribution in [-0.4, -0.2) is 23.9 Å². The van der Waals surface area contributed by atoms with Gasteiger partial charge in [0, 0.05) is 4.17 Å². The molecule has 2 unspecified atom stereocenters. The summed E-state index contributed by atoms with van der Waals surface area (Å²) < 4.78 is 1.35. The molecule has 8 heavy (non-hydrogen) atoms. The molecule has 0 aromatic rings. The minimum atomic E-state index is 1.20. The van der Waals surface area contributed by atoms with E-state index in [2.05, 4.69) is 27.9 Å². The van der Waals surface area contributed by atoms with Crippen molar-refractivity contribution >= 4 is 39.1 Å². The van der Waals surface area contributed by atoms with E-state index in [1.807, 2.05) is 7.05 Å². The van der Waals surface area contributed by atoms with Crippen LogP contribution in [-0.2, 0) is 0 Å². The van der Waals surface area contributed by atoms with Crippen LogP contribution in [0.15, 0.2) is 0 Å². The van der Waals surface area contributed by atoms with E-state index in [1.165, 1.54) is 33.4 Å². The summed E-state index contributed by atoms with van der Waals surface area (Å²) in [6.45, 7) is 1.20. The molecule has 0 aromatic carbocycles. The van der Waals surface area contributed by atoms with Gasteiger partial charge < -0.3 is 5.32 Å². The average molecular weight is 263 g/mol. The van der Waals surface area contributed by atoms with Crippen LogP contribution in [0.1, 0.15) is 0 Å². The normalized spacial score (nSPS) is 12.8. The molecule has 1 nitrogen and oxygen atoms in total. The van der Waals surface area contributed by atoms with Gasteiger partial charge in [-0.3, -0.25) is 0 Å². The van der Waals surface area contributed by atoms with Crippen molar-refractivity contribution in [2.45, 2.75) is 0 Å². The topological polar surface area (TPSA) is 12.0 Å². The van der Waals surface area contributed by atoms with Gasteiger partial charge in [0.05, 0.1) is 0 Å². The Hall–Kier alpha value is 1.55. The molecule has 2 atom stereocenters. The lowest BCUT2D eigenvalue weighted by molar-refractivity contribution is 0.872. The van der Waals surface area contributed by atoms with Crippen LogP contribution in [0.2, 0.25) is 0 Å². The summed E-state index contributed by atoms with van der Waals surface area (Å²) in [6.07, 6.45) is 1.37. The largest absolute Gasteiger partial charge is 0.319 e. The lowest BCUT2D eigenvalue weighted by Gasteiger charge is -1.95. The zero-order valence-corrected chi connectivity index (χ0v) is 9.16. The van der Waals surface area contributed by atoms with Crippen LogP contribution in [0, 0.1) is 0 Å². The Balaban J connectivity index is 2.53. The van der Waals surface area contributed by atoms with Crippen molar-refractivity contribution in [3.63, 3.8) is 0 Å². The number of alkyl halides is 1. The maximum Gasteiger partial charge on any atom is 0.0208 e. The molecule has 0 amide bonds. The molecular weight excluding hydrogens is 251 g/mol. The SMILES string of the molecule is CNCCPPCI. The second-order valence-electron chi connectivity index (χ2n) is 1.34. The minimum Gasteiger partial charge on any atom is -0.319 e. The van der Waals surface area contributed by atoms with Crippen molar-refractivity contribution in [2.75, 3.05) is 23.9 Å². The van der Waals surface area contributed by atoms with Crippen LogP contribution >= 0.6 is 39.1 Å². The summed E-state index contributed by atoms with van der Waals surface area (Å²) in [5.41, 5.74) is 0. The zero-order chi connectivity index (χ0) is 6.24. The van der Waals surface area contributed by atoms with E-state index >= 15 is 0 Å². The number of rotatable bonds is 5. The van der Waals surface area contributed by atoms with Crippen molar-refractivity contribution in [3.05, 3.63) is 0 Å². The van der Waals surface area contributed by atoms with Crippen LogP contribution in [0.3, 0.4) is 0 Å². The monoisotopic (exact) mass is 263 g/mol. The summed E-state index contributed by atoms with van der Waals surface area (Å²) in [5.74, 6) is 0. The fraction of sp³-hybridized carbons (Fsp3) is 1.00. The van der Waals surface area contributed by atoms with E-state index < -0.39 is 0 Å². The van der Waals surface area contributed by atoms with Crippen molar-refractivity contribution in [2.24, 2.45) is 0 Å². The van der Waals surface area contributed by atoms with Gasteiger partial charge in [-0.25, -0.2) is 0 Å². The maximum absolute atomic E-state index is 3.14.